The van der Waals surface area contributed by atoms with Gasteiger partial charge in [-0.25, -0.2) is 0 Å². The Morgan fingerprint density at radius 3 is 2.58 bits per heavy atom. The first-order valence-corrected chi connectivity index (χ1v) is 6.36. The van der Waals surface area contributed by atoms with Crippen molar-refractivity contribution >= 4 is 28.9 Å². The Kier molecular flexibility index (Phi) is 4.07. The van der Waals surface area contributed by atoms with Crippen LogP contribution < -0.4 is 11.1 Å². The van der Waals surface area contributed by atoms with Crippen molar-refractivity contribution in [1.82, 2.24) is 0 Å². The van der Waals surface area contributed by atoms with E-state index in [1.165, 1.54) is 0 Å². The normalized spacial score (nSPS) is 11.9. The summed E-state index contributed by atoms with van der Waals surface area (Å²) < 4.78 is 0. The highest BCUT2D eigenvalue weighted by atomic mass is 35.5. The second-order valence-electron chi connectivity index (χ2n) is 4.35. The van der Waals surface area contributed by atoms with E-state index < -0.39 is 0 Å². The zero-order chi connectivity index (χ0) is 13.8. The van der Waals surface area contributed by atoms with Crippen molar-refractivity contribution in [2.24, 2.45) is 0 Å². The van der Waals surface area contributed by atoms with Gasteiger partial charge in [0.2, 0.25) is 5.91 Å². The molecule has 0 heterocycles. The van der Waals surface area contributed by atoms with Gasteiger partial charge < -0.3 is 11.1 Å². The molecule has 0 aliphatic carbocycles. The lowest BCUT2D eigenvalue weighted by Crippen LogP contribution is -2.19. The summed E-state index contributed by atoms with van der Waals surface area (Å²) in [6, 6.07) is 14.6. The summed E-state index contributed by atoms with van der Waals surface area (Å²) in [5.74, 6) is -0.361. The van der Waals surface area contributed by atoms with Crippen LogP contribution in [0.4, 0.5) is 11.4 Å². The van der Waals surface area contributed by atoms with Crippen molar-refractivity contribution in [3.8, 4) is 0 Å². The smallest absolute Gasteiger partial charge is 0.231 e. The molecule has 1 atom stereocenters. The molecule has 4 heteroatoms. The van der Waals surface area contributed by atoms with Gasteiger partial charge in [0.05, 0.1) is 17.3 Å². The van der Waals surface area contributed by atoms with Crippen molar-refractivity contribution in [3.05, 3.63) is 59.1 Å². The molecule has 2 aromatic carbocycles. The van der Waals surface area contributed by atoms with Crippen LogP contribution in [0.3, 0.4) is 0 Å². The number of rotatable bonds is 3. The summed E-state index contributed by atoms with van der Waals surface area (Å²) in [7, 11) is 0. The van der Waals surface area contributed by atoms with Crippen LogP contribution in [-0.4, -0.2) is 5.91 Å². The van der Waals surface area contributed by atoms with Crippen molar-refractivity contribution in [3.63, 3.8) is 0 Å². The molecule has 1 amide bonds. The zero-order valence-electron chi connectivity index (χ0n) is 10.6. The third-order valence-electron chi connectivity index (χ3n) is 2.97. The summed E-state index contributed by atoms with van der Waals surface area (Å²) in [5.41, 5.74) is 7.80. The number of nitrogen functional groups attached to an aromatic ring is 1. The van der Waals surface area contributed by atoms with E-state index in [0.29, 0.717) is 16.4 Å². The molecule has 0 bridgehead atoms. The molecule has 0 aliphatic heterocycles. The number of anilines is 2. The van der Waals surface area contributed by atoms with Gasteiger partial charge in [-0.1, -0.05) is 41.9 Å². The summed E-state index contributed by atoms with van der Waals surface area (Å²) >= 11 is 5.89. The Labute approximate surface area is 117 Å². The Hall–Kier alpha value is -2.00. The lowest BCUT2D eigenvalue weighted by Gasteiger charge is -2.14. The standard InChI is InChI=1S/C15H15ClN2O/c1-10(11-5-3-2-4-6-11)15(19)18-14-9-12(16)7-8-13(14)17/h2-10H,17H2,1H3,(H,18,19). The van der Waals surface area contributed by atoms with E-state index in [1.54, 1.807) is 18.2 Å². The van der Waals surface area contributed by atoms with Gasteiger partial charge in [0.1, 0.15) is 0 Å². The van der Waals surface area contributed by atoms with Gasteiger partial charge in [0.25, 0.3) is 0 Å². The lowest BCUT2D eigenvalue weighted by atomic mass is 10.0. The number of carbonyl (C=O) groups is 1. The average Bonchev–Trinajstić information content (AvgIpc) is 2.43. The molecule has 3 N–H and O–H groups in total. The maximum atomic E-state index is 12.2. The fourth-order valence-corrected chi connectivity index (χ4v) is 1.94. The number of hydrogen-bond donors (Lipinski definition) is 2. The molecular formula is C15H15ClN2O. The molecule has 3 nitrogen and oxygen atoms in total. The molecule has 0 fully saturated rings. The summed E-state index contributed by atoms with van der Waals surface area (Å²) in [4.78, 5) is 12.2. The number of nitrogens with one attached hydrogen (secondary N) is 1. The minimum atomic E-state index is -0.250. The van der Waals surface area contributed by atoms with Crippen molar-refractivity contribution < 1.29 is 4.79 Å². The zero-order valence-corrected chi connectivity index (χ0v) is 11.3. The van der Waals surface area contributed by atoms with E-state index in [0.717, 1.165) is 5.56 Å². The topological polar surface area (TPSA) is 55.1 Å². The SMILES string of the molecule is CC(C(=O)Nc1cc(Cl)ccc1N)c1ccccc1. The van der Waals surface area contributed by atoms with E-state index in [9.17, 15) is 4.79 Å². The number of amides is 1. The average molecular weight is 275 g/mol. The van der Waals surface area contributed by atoms with Gasteiger partial charge in [-0.15, -0.1) is 0 Å². The minimum absolute atomic E-state index is 0.111. The first-order chi connectivity index (χ1) is 9.08. The number of nitrogens with two attached hydrogens (primary N) is 1. The molecule has 19 heavy (non-hydrogen) atoms. The highest BCUT2D eigenvalue weighted by Crippen LogP contribution is 2.25. The van der Waals surface area contributed by atoms with Crippen molar-refractivity contribution in [2.75, 3.05) is 11.1 Å². The molecule has 0 aromatic heterocycles. The van der Waals surface area contributed by atoms with Gasteiger partial charge in [-0.2, -0.15) is 0 Å². The van der Waals surface area contributed by atoms with Crippen molar-refractivity contribution in [1.29, 1.82) is 0 Å². The van der Waals surface area contributed by atoms with E-state index >= 15 is 0 Å². The monoisotopic (exact) mass is 274 g/mol. The molecule has 2 aromatic rings. The first-order valence-electron chi connectivity index (χ1n) is 5.99. The van der Waals surface area contributed by atoms with Crippen LogP contribution >= 0.6 is 11.6 Å². The van der Waals surface area contributed by atoms with Gasteiger partial charge >= 0.3 is 0 Å². The summed E-state index contributed by atoms with van der Waals surface area (Å²) in [5, 5.41) is 3.34. The van der Waals surface area contributed by atoms with Crippen LogP contribution in [0.2, 0.25) is 5.02 Å². The number of carbonyl (C=O) groups excluding carboxylic acids is 1. The van der Waals surface area contributed by atoms with E-state index in [2.05, 4.69) is 5.32 Å². The Bertz CT molecular complexity index is 584. The van der Waals surface area contributed by atoms with Gasteiger partial charge in [-0.3, -0.25) is 4.79 Å². The molecule has 0 saturated carbocycles. The highest BCUT2D eigenvalue weighted by Gasteiger charge is 2.15. The molecule has 0 radical (unpaired) electrons. The van der Waals surface area contributed by atoms with Gasteiger partial charge in [0, 0.05) is 5.02 Å². The quantitative estimate of drug-likeness (QED) is 0.839. The molecule has 0 spiro atoms. The number of benzene rings is 2. The Morgan fingerprint density at radius 1 is 1.21 bits per heavy atom. The fourth-order valence-electron chi connectivity index (χ4n) is 1.77. The maximum absolute atomic E-state index is 12.2. The van der Waals surface area contributed by atoms with Crippen LogP contribution in [-0.2, 0) is 4.79 Å². The molecule has 0 aliphatic rings. The fraction of sp³-hybridized carbons (Fsp3) is 0.133. The van der Waals surface area contributed by atoms with Crippen LogP contribution in [0.1, 0.15) is 18.4 Å². The summed E-state index contributed by atoms with van der Waals surface area (Å²) in [6.45, 7) is 1.85. The van der Waals surface area contributed by atoms with Gasteiger partial charge in [0.15, 0.2) is 0 Å². The van der Waals surface area contributed by atoms with E-state index in [-0.39, 0.29) is 11.8 Å². The van der Waals surface area contributed by atoms with Crippen LogP contribution in [0, 0.1) is 0 Å². The highest BCUT2D eigenvalue weighted by molar-refractivity contribution is 6.31. The molecule has 1 unspecified atom stereocenters. The largest absolute Gasteiger partial charge is 0.397 e. The second kappa shape index (κ2) is 5.76. The maximum Gasteiger partial charge on any atom is 0.231 e. The predicted octanol–water partition coefficient (Wildman–Crippen LogP) is 3.66. The first kappa shape index (κ1) is 13.4. The molecular weight excluding hydrogens is 260 g/mol. The van der Waals surface area contributed by atoms with Crippen LogP contribution in [0.25, 0.3) is 0 Å². The third kappa shape index (κ3) is 3.26. The third-order valence-corrected chi connectivity index (χ3v) is 3.20. The van der Waals surface area contributed by atoms with Crippen LogP contribution in [0.5, 0.6) is 0 Å². The lowest BCUT2D eigenvalue weighted by molar-refractivity contribution is -0.117. The number of hydrogen-bond acceptors (Lipinski definition) is 2. The van der Waals surface area contributed by atoms with E-state index in [4.69, 9.17) is 17.3 Å². The van der Waals surface area contributed by atoms with Crippen LogP contribution in [0.15, 0.2) is 48.5 Å². The molecule has 2 rings (SSSR count). The molecule has 0 saturated heterocycles. The second-order valence-corrected chi connectivity index (χ2v) is 4.79. The number of halogens is 1. The van der Waals surface area contributed by atoms with E-state index in [1.807, 2.05) is 37.3 Å². The minimum Gasteiger partial charge on any atom is -0.397 e. The Morgan fingerprint density at radius 2 is 1.89 bits per heavy atom. The summed E-state index contributed by atoms with van der Waals surface area (Å²) in [6.07, 6.45) is 0. The Balaban J connectivity index is 2.15. The molecule has 98 valence electrons. The predicted molar refractivity (Wildman–Crippen MR) is 79.4 cm³/mol. The van der Waals surface area contributed by atoms with Gasteiger partial charge in [-0.05, 0) is 30.7 Å². The van der Waals surface area contributed by atoms with Crippen molar-refractivity contribution in [2.45, 2.75) is 12.8 Å².